The molecule has 2 fully saturated rings. The quantitative estimate of drug-likeness (QED) is 0.700. The van der Waals surface area contributed by atoms with Gasteiger partial charge >= 0.3 is 0 Å². The van der Waals surface area contributed by atoms with Gasteiger partial charge in [0.1, 0.15) is 0 Å². The molecule has 2 heteroatoms. The van der Waals surface area contributed by atoms with E-state index in [4.69, 9.17) is 10.5 Å². The van der Waals surface area contributed by atoms with E-state index in [9.17, 15) is 0 Å². The molecular formula is C12H23NO. The Balaban J connectivity index is 2.11. The van der Waals surface area contributed by atoms with E-state index in [1.54, 1.807) is 0 Å². The van der Waals surface area contributed by atoms with E-state index in [1.165, 1.54) is 19.3 Å². The number of ether oxygens (including phenoxy) is 1. The van der Waals surface area contributed by atoms with Crippen LogP contribution in [0.4, 0.5) is 0 Å². The van der Waals surface area contributed by atoms with Gasteiger partial charge in [0.15, 0.2) is 0 Å². The lowest BCUT2D eigenvalue weighted by Gasteiger charge is -2.29. The van der Waals surface area contributed by atoms with Gasteiger partial charge in [-0.3, -0.25) is 0 Å². The maximum atomic E-state index is 6.18. The largest absolute Gasteiger partial charge is 0.370 e. The van der Waals surface area contributed by atoms with E-state index < -0.39 is 0 Å². The second-order valence-corrected chi connectivity index (χ2v) is 6.03. The van der Waals surface area contributed by atoms with Gasteiger partial charge in [-0.25, -0.2) is 0 Å². The predicted octanol–water partition coefficient (Wildman–Crippen LogP) is 2.32. The number of hydrogen-bond acceptors (Lipinski definition) is 2. The first-order valence-electron chi connectivity index (χ1n) is 5.85. The summed E-state index contributed by atoms with van der Waals surface area (Å²) < 4.78 is 6.18. The molecule has 0 radical (unpaired) electrons. The van der Waals surface area contributed by atoms with Crippen molar-refractivity contribution < 1.29 is 4.74 Å². The van der Waals surface area contributed by atoms with Crippen LogP contribution in [-0.2, 0) is 4.74 Å². The molecule has 3 unspecified atom stereocenters. The minimum Gasteiger partial charge on any atom is -0.370 e. The Bertz CT molecular complexity index is 226. The standard InChI is InChI=1S/C12H23NO/c1-9-6-11(2,3)8-12(9)5-4-10(7-13)14-12/h9-10H,4-8,13H2,1-3H3. The molecule has 3 atom stereocenters. The zero-order chi connectivity index (χ0) is 10.4. The van der Waals surface area contributed by atoms with Crippen molar-refractivity contribution in [3.05, 3.63) is 0 Å². The topological polar surface area (TPSA) is 35.2 Å². The maximum absolute atomic E-state index is 6.18. The summed E-state index contributed by atoms with van der Waals surface area (Å²) in [6, 6.07) is 0. The fraction of sp³-hybridized carbons (Fsp3) is 1.00. The van der Waals surface area contributed by atoms with E-state index in [1.807, 2.05) is 0 Å². The summed E-state index contributed by atoms with van der Waals surface area (Å²) >= 11 is 0. The van der Waals surface area contributed by atoms with Gasteiger partial charge < -0.3 is 10.5 Å². The van der Waals surface area contributed by atoms with Crippen LogP contribution in [-0.4, -0.2) is 18.2 Å². The van der Waals surface area contributed by atoms with Crippen LogP contribution in [0.1, 0.15) is 46.5 Å². The fourth-order valence-electron chi connectivity index (χ4n) is 3.58. The number of nitrogens with two attached hydrogens (primary N) is 1. The summed E-state index contributed by atoms with van der Waals surface area (Å²) in [5, 5.41) is 0. The van der Waals surface area contributed by atoms with Crippen molar-refractivity contribution in [2.45, 2.75) is 58.2 Å². The Kier molecular flexibility index (Phi) is 2.39. The minimum absolute atomic E-state index is 0.174. The van der Waals surface area contributed by atoms with Crippen LogP contribution in [0.15, 0.2) is 0 Å². The highest BCUT2D eigenvalue weighted by Gasteiger charge is 2.52. The molecular weight excluding hydrogens is 174 g/mol. The predicted molar refractivity (Wildman–Crippen MR) is 58.1 cm³/mol. The molecule has 0 amide bonds. The molecule has 0 aromatic rings. The van der Waals surface area contributed by atoms with Crippen LogP contribution >= 0.6 is 0 Å². The molecule has 1 spiro atoms. The maximum Gasteiger partial charge on any atom is 0.0718 e. The highest BCUT2D eigenvalue weighted by Crippen LogP contribution is 2.54. The van der Waals surface area contributed by atoms with Gasteiger partial charge in [-0.2, -0.15) is 0 Å². The smallest absolute Gasteiger partial charge is 0.0718 e. The Labute approximate surface area is 87.2 Å². The molecule has 1 saturated heterocycles. The lowest BCUT2D eigenvalue weighted by Crippen LogP contribution is -2.34. The molecule has 2 rings (SSSR count). The van der Waals surface area contributed by atoms with Gasteiger partial charge in [0.2, 0.25) is 0 Å². The molecule has 1 aliphatic heterocycles. The molecule has 82 valence electrons. The summed E-state index contributed by atoms with van der Waals surface area (Å²) in [6.45, 7) is 7.75. The average Bonchev–Trinajstić information content (AvgIpc) is 2.56. The molecule has 2 N–H and O–H groups in total. The fourth-order valence-corrected chi connectivity index (χ4v) is 3.58. The lowest BCUT2D eigenvalue weighted by atomic mass is 9.87. The number of rotatable bonds is 1. The first-order valence-corrected chi connectivity index (χ1v) is 5.85. The summed E-state index contributed by atoms with van der Waals surface area (Å²) in [5.41, 5.74) is 6.31. The van der Waals surface area contributed by atoms with Gasteiger partial charge in [-0.15, -0.1) is 0 Å². The van der Waals surface area contributed by atoms with Crippen LogP contribution in [0.25, 0.3) is 0 Å². The average molecular weight is 197 g/mol. The molecule has 2 aliphatic rings. The van der Waals surface area contributed by atoms with Gasteiger partial charge in [0.05, 0.1) is 11.7 Å². The summed E-state index contributed by atoms with van der Waals surface area (Å²) in [5.74, 6) is 0.703. The molecule has 1 saturated carbocycles. The Morgan fingerprint density at radius 3 is 2.57 bits per heavy atom. The van der Waals surface area contributed by atoms with Crippen LogP contribution < -0.4 is 5.73 Å². The zero-order valence-electron chi connectivity index (χ0n) is 9.68. The summed E-state index contributed by atoms with van der Waals surface area (Å²) in [4.78, 5) is 0. The molecule has 14 heavy (non-hydrogen) atoms. The van der Waals surface area contributed by atoms with Crippen molar-refractivity contribution in [2.24, 2.45) is 17.1 Å². The molecule has 0 aromatic carbocycles. The van der Waals surface area contributed by atoms with Crippen molar-refractivity contribution in [1.82, 2.24) is 0 Å². The SMILES string of the molecule is CC1CC(C)(C)CC12CCC(CN)O2. The van der Waals surface area contributed by atoms with E-state index >= 15 is 0 Å². The first-order chi connectivity index (χ1) is 6.47. The van der Waals surface area contributed by atoms with E-state index in [0.29, 0.717) is 24.0 Å². The normalized spacial score (nSPS) is 46.3. The van der Waals surface area contributed by atoms with Crippen LogP contribution in [0, 0.1) is 11.3 Å². The number of hydrogen-bond donors (Lipinski definition) is 1. The van der Waals surface area contributed by atoms with Crippen molar-refractivity contribution in [1.29, 1.82) is 0 Å². The second kappa shape index (κ2) is 3.21. The van der Waals surface area contributed by atoms with E-state index in [-0.39, 0.29) is 5.60 Å². The minimum atomic E-state index is 0.174. The zero-order valence-corrected chi connectivity index (χ0v) is 9.68. The second-order valence-electron chi connectivity index (χ2n) is 6.03. The van der Waals surface area contributed by atoms with Gasteiger partial charge in [-0.05, 0) is 37.0 Å². The van der Waals surface area contributed by atoms with E-state index in [0.717, 1.165) is 6.42 Å². The van der Waals surface area contributed by atoms with Crippen LogP contribution in [0.2, 0.25) is 0 Å². The molecule has 1 heterocycles. The third-order valence-electron chi connectivity index (χ3n) is 4.09. The summed E-state index contributed by atoms with van der Waals surface area (Å²) in [6.07, 6.45) is 5.23. The Morgan fingerprint density at radius 1 is 1.43 bits per heavy atom. The van der Waals surface area contributed by atoms with Gasteiger partial charge in [0, 0.05) is 6.54 Å². The van der Waals surface area contributed by atoms with Crippen LogP contribution in [0.5, 0.6) is 0 Å². The third kappa shape index (κ3) is 1.59. The lowest BCUT2D eigenvalue weighted by molar-refractivity contribution is -0.0615. The highest BCUT2D eigenvalue weighted by atomic mass is 16.5. The van der Waals surface area contributed by atoms with Crippen molar-refractivity contribution in [2.75, 3.05) is 6.54 Å². The van der Waals surface area contributed by atoms with Crippen molar-refractivity contribution in [3.63, 3.8) is 0 Å². The molecule has 0 bridgehead atoms. The van der Waals surface area contributed by atoms with Crippen LogP contribution in [0.3, 0.4) is 0 Å². The molecule has 2 nitrogen and oxygen atoms in total. The monoisotopic (exact) mass is 197 g/mol. The molecule has 0 aromatic heterocycles. The first kappa shape index (κ1) is 10.4. The molecule has 1 aliphatic carbocycles. The van der Waals surface area contributed by atoms with Crippen molar-refractivity contribution >= 4 is 0 Å². The Hall–Kier alpha value is -0.0800. The van der Waals surface area contributed by atoms with E-state index in [2.05, 4.69) is 20.8 Å². The van der Waals surface area contributed by atoms with Gasteiger partial charge in [-0.1, -0.05) is 20.8 Å². The highest BCUT2D eigenvalue weighted by molar-refractivity contribution is 5.03. The third-order valence-corrected chi connectivity index (χ3v) is 4.09. The van der Waals surface area contributed by atoms with Gasteiger partial charge in [0.25, 0.3) is 0 Å². The van der Waals surface area contributed by atoms with Crippen molar-refractivity contribution in [3.8, 4) is 0 Å². The Morgan fingerprint density at radius 2 is 2.14 bits per heavy atom. The summed E-state index contributed by atoms with van der Waals surface area (Å²) in [7, 11) is 0.